The Balaban J connectivity index is 1.59. The minimum atomic E-state index is -3.93. The summed E-state index contributed by atoms with van der Waals surface area (Å²) in [5.74, 6) is 1.22. The predicted molar refractivity (Wildman–Crippen MR) is 143 cm³/mol. The van der Waals surface area contributed by atoms with E-state index in [1.54, 1.807) is 43.4 Å². The number of hydrogen-bond donors (Lipinski definition) is 1. The van der Waals surface area contributed by atoms with Crippen molar-refractivity contribution in [2.45, 2.75) is 11.3 Å². The molecule has 1 aliphatic rings. The highest BCUT2D eigenvalue weighted by Gasteiger charge is 2.29. The van der Waals surface area contributed by atoms with Crippen LogP contribution in [0.4, 0.5) is 0 Å². The van der Waals surface area contributed by atoms with Gasteiger partial charge in [0.2, 0.25) is 15.9 Å². The summed E-state index contributed by atoms with van der Waals surface area (Å²) in [5.41, 5.74) is 2.67. The highest BCUT2D eigenvalue weighted by molar-refractivity contribution is 7.89. The van der Waals surface area contributed by atoms with E-state index in [9.17, 15) is 13.2 Å². The van der Waals surface area contributed by atoms with Crippen LogP contribution in [0.2, 0.25) is 0 Å². The van der Waals surface area contributed by atoms with Gasteiger partial charge in [0.25, 0.3) is 0 Å². The van der Waals surface area contributed by atoms with Crippen LogP contribution in [0.1, 0.15) is 5.56 Å². The highest BCUT2D eigenvalue weighted by Crippen LogP contribution is 2.26. The Kier molecular flexibility index (Phi) is 8.81. The number of rotatable bonds is 10. The third-order valence-corrected chi connectivity index (χ3v) is 8.36. The van der Waals surface area contributed by atoms with Crippen LogP contribution in [0, 0.1) is 0 Å². The number of hydrogen-bond acceptors (Lipinski definition) is 6. The van der Waals surface area contributed by atoms with E-state index in [1.165, 1.54) is 4.31 Å². The monoisotopic (exact) mass is 523 g/mol. The number of carbonyl (C=O) groups is 1. The molecule has 4 rings (SSSR count). The topological polar surface area (TPSA) is 88.2 Å². The molecule has 1 aliphatic heterocycles. The number of para-hydroxylation sites is 1. The molecule has 9 heteroatoms. The molecule has 1 N–H and O–H groups in total. The van der Waals surface area contributed by atoms with Gasteiger partial charge in [-0.15, -0.1) is 0 Å². The molecule has 196 valence electrons. The van der Waals surface area contributed by atoms with Gasteiger partial charge in [0.15, 0.2) is 0 Å². The normalized spacial score (nSPS) is 14.0. The van der Waals surface area contributed by atoms with Gasteiger partial charge >= 0.3 is 0 Å². The van der Waals surface area contributed by atoms with Gasteiger partial charge in [-0.1, -0.05) is 42.5 Å². The minimum absolute atomic E-state index is 0.146. The summed E-state index contributed by atoms with van der Waals surface area (Å²) in [4.78, 5) is 14.9. The molecule has 0 aromatic heterocycles. The van der Waals surface area contributed by atoms with Crippen LogP contribution in [0.25, 0.3) is 11.1 Å². The first-order valence-corrected chi connectivity index (χ1v) is 13.7. The molecule has 1 heterocycles. The summed E-state index contributed by atoms with van der Waals surface area (Å²) in [6.07, 6.45) is 0.417. The maximum Gasteiger partial charge on any atom is 0.243 e. The van der Waals surface area contributed by atoms with Gasteiger partial charge in [-0.3, -0.25) is 4.79 Å². The fourth-order valence-corrected chi connectivity index (χ4v) is 5.77. The molecule has 0 atom stereocenters. The largest absolute Gasteiger partial charge is 0.497 e. The van der Waals surface area contributed by atoms with E-state index in [4.69, 9.17) is 9.47 Å². The highest BCUT2D eigenvalue weighted by atomic mass is 32.2. The lowest BCUT2D eigenvalue weighted by molar-refractivity contribution is -0.131. The molecule has 1 amide bonds. The van der Waals surface area contributed by atoms with E-state index in [-0.39, 0.29) is 23.9 Å². The standard InChI is InChI=1S/C28H33N3O5S/c1-35-25-8-5-7-24(20-25)22-10-12-26(13-11-22)37(33,34)31(21-28(32)30-18-15-29-16-19-30)17-14-23-6-3-4-9-27(23)36-2/h3-13,20,29H,14-19,21H2,1-2H3. The zero-order chi connectivity index (χ0) is 26.3. The summed E-state index contributed by atoms with van der Waals surface area (Å²) >= 11 is 0. The first-order valence-electron chi connectivity index (χ1n) is 12.3. The average molecular weight is 524 g/mol. The third-order valence-electron chi connectivity index (χ3n) is 6.50. The Morgan fingerprint density at radius 1 is 0.919 bits per heavy atom. The van der Waals surface area contributed by atoms with Crippen LogP contribution in [0.5, 0.6) is 11.5 Å². The van der Waals surface area contributed by atoms with Gasteiger partial charge in [0.05, 0.1) is 25.7 Å². The van der Waals surface area contributed by atoms with Crippen LogP contribution in [-0.2, 0) is 21.2 Å². The Morgan fingerprint density at radius 2 is 1.65 bits per heavy atom. The molecule has 0 radical (unpaired) electrons. The van der Waals surface area contributed by atoms with E-state index >= 15 is 0 Å². The Bertz CT molecular complexity index is 1310. The van der Waals surface area contributed by atoms with E-state index in [0.717, 1.165) is 22.4 Å². The summed E-state index contributed by atoms with van der Waals surface area (Å²) in [5, 5.41) is 3.22. The second-order valence-electron chi connectivity index (χ2n) is 8.79. The number of nitrogens with one attached hydrogen (secondary N) is 1. The van der Waals surface area contributed by atoms with Crippen molar-refractivity contribution in [1.29, 1.82) is 0 Å². The van der Waals surface area contributed by atoms with Crippen LogP contribution in [0.3, 0.4) is 0 Å². The number of amides is 1. The average Bonchev–Trinajstić information content (AvgIpc) is 2.95. The number of sulfonamides is 1. The van der Waals surface area contributed by atoms with Gasteiger partial charge in [-0.05, 0) is 53.4 Å². The second kappa shape index (κ2) is 12.2. The van der Waals surface area contributed by atoms with E-state index in [1.807, 2.05) is 48.5 Å². The van der Waals surface area contributed by atoms with E-state index in [2.05, 4.69) is 5.32 Å². The number of piperazine rings is 1. The van der Waals surface area contributed by atoms with Crippen LogP contribution in [0.15, 0.2) is 77.7 Å². The molecular weight excluding hydrogens is 490 g/mol. The summed E-state index contributed by atoms with van der Waals surface area (Å²) in [6, 6.07) is 21.8. The molecule has 0 unspecified atom stereocenters. The second-order valence-corrected chi connectivity index (χ2v) is 10.7. The van der Waals surface area contributed by atoms with Crippen LogP contribution >= 0.6 is 0 Å². The zero-order valence-corrected chi connectivity index (χ0v) is 22.0. The lowest BCUT2D eigenvalue weighted by Crippen LogP contribution is -2.50. The molecule has 1 fully saturated rings. The Hall–Kier alpha value is -3.40. The van der Waals surface area contributed by atoms with Gasteiger partial charge < -0.3 is 19.7 Å². The Morgan fingerprint density at radius 3 is 2.35 bits per heavy atom. The predicted octanol–water partition coefficient (Wildman–Crippen LogP) is 3.04. The molecule has 3 aromatic carbocycles. The van der Waals surface area contributed by atoms with Gasteiger partial charge in [-0.2, -0.15) is 4.31 Å². The van der Waals surface area contributed by atoms with Crippen molar-refractivity contribution < 1.29 is 22.7 Å². The van der Waals surface area contributed by atoms with Crippen molar-refractivity contribution in [1.82, 2.24) is 14.5 Å². The first-order chi connectivity index (χ1) is 17.9. The SMILES string of the molecule is COc1cccc(-c2ccc(S(=O)(=O)N(CCc3ccccc3OC)CC(=O)N3CCNCC3)cc2)c1. The molecule has 1 saturated heterocycles. The van der Waals surface area contributed by atoms with Crippen molar-refractivity contribution in [2.75, 3.05) is 53.5 Å². The van der Waals surface area contributed by atoms with E-state index < -0.39 is 10.0 Å². The van der Waals surface area contributed by atoms with E-state index in [0.29, 0.717) is 38.3 Å². The lowest BCUT2D eigenvalue weighted by atomic mass is 10.1. The van der Waals surface area contributed by atoms with Gasteiger partial charge in [0.1, 0.15) is 11.5 Å². The van der Waals surface area contributed by atoms with Crippen LogP contribution < -0.4 is 14.8 Å². The van der Waals surface area contributed by atoms with Crippen molar-refractivity contribution >= 4 is 15.9 Å². The minimum Gasteiger partial charge on any atom is -0.497 e. The smallest absolute Gasteiger partial charge is 0.243 e. The molecular formula is C28H33N3O5S. The number of carbonyl (C=O) groups excluding carboxylic acids is 1. The quantitative estimate of drug-likeness (QED) is 0.440. The van der Waals surface area contributed by atoms with Crippen molar-refractivity contribution in [2.24, 2.45) is 0 Å². The van der Waals surface area contributed by atoms with Crippen molar-refractivity contribution in [3.63, 3.8) is 0 Å². The third kappa shape index (κ3) is 6.49. The molecule has 0 spiro atoms. The maximum absolute atomic E-state index is 13.8. The Labute approximate surface area is 218 Å². The zero-order valence-electron chi connectivity index (χ0n) is 21.2. The number of ether oxygens (including phenoxy) is 2. The number of methoxy groups -OCH3 is 2. The fraction of sp³-hybridized carbons (Fsp3) is 0.321. The number of nitrogens with zero attached hydrogens (tertiary/aromatic N) is 2. The molecule has 0 aliphatic carbocycles. The molecule has 8 nitrogen and oxygen atoms in total. The summed E-state index contributed by atoms with van der Waals surface area (Å²) in [6.45, 7) is 2.47. The van der Waals surface area contributed by atoms with Crippen molar-refractivity contribution in [3.05, 3.63) is 78.4 Å². The van der Waals surface area contributed by atoms with Crippen molar-refractivity contribution in [3.8, 4) is 22.6 Å². The fourth-order valence-electron chi connectivity index (χ4n) is 4.38. The summed E-state index contributed by atoms with van der Waals surface area (Å²) < 4.78 is 39.6. The van der Waals surface area contributed by atoms with Gasteiger partial charge in [-0.25, -0.2) is 8.42 Å². The van der Waals surface area contributed by atoms with Gasteiger partial charge in [0, 0.05) is 32.7 Å². The maximum atomic E-state index is 13.8. The molecule has 37 heavy (non-hydrogen) atoms. The number of benzene rings is 3. The first kappa shape index (κ1) is 26.7. The molecule has 0 saturated carbocycles. The molecule has 0 bridgehead atoms. The lowest BCUT2D eigenvalue weighted by Gasteiger charge is -2.30. The van der Waals surface area contributed by atoms with Crippen LogP contribution in [-0.4, -0.2) is 77.0 Å². The summed E-state index contributed by atoms with van der Waals surface area (Å²) in [7, 11) is -0.736. The molecule has 3 aromatic rings.